The molecule has 1 nitrogen and oxygen atoms in total. The number of thiol groups is 1. The van der Waals surface area contributed by atoms with E-state index >= 15 is 0 Å². The highest BCUT2D eigenvalue weighted by Gasteiger charge is 2.28. The lowest BCUT2D eigenvalue weighted by Gasteiger charge is -2.35. The fourth-order valence-electron chi connectivity index (χ4n) is 3.09. The minimum Gasteiger partial charge on any atom is -0.302 e. The van der Waals surface area contributed by atoms with Crippen LogP contribution in [0.2, 0.25) is 0 Å². The van der Waals surface area contributed by atoms with E-state index < -0.39 is 0 Å². The molecule has 106 valence electrons. The summed E-state index contributed by atoms with van der Waals surface area (Å²) in [5.41, 5.74) is 3.50. The van der Waals surface area contributed by atoms with Crippen molar-refractivity contribution in [1.29, 1.82) is 0 Å². The van der Waals surface area contributed by atoms with Crippen LogP contribution in [0.25, 0.3) is 0 Å². The molecular formula is C17H27NS. The summed E-state index contributed by atoms with van der Waals surface area (Å²) in [6.45, 7) is 8.23. The molecule has 0 saturated carbocycles. The average molecular weight is 277 g/mol. The van der Waals surface area contributed by atoms with Crippen LogP contribution in [0, 0.1) is 5.41 Å². The zero-order valence-electron chi connectivity index (χ0n) is 12.4. The fraction of sp³-hybridized carbons (Fsp3) is 0.647. The lowest BCUT2D eigenvalue weighted by Crippen LogP contribution is -2.39. The second kappa shape index (κ2) is 6.81. The standard InChI is InChI=1S/C17H27NS/c1-3-17(4-2,14-19)13-18-11-9-15-7-5-6-8-16(15)10-12-18/h5-8,19H,3-4,9-14H2,1-2H3. The second-order valence-corrected chi connectivity index (χ2v) is 6.23. The molecule has 1 aliphatic rings. The molecular weight excluding hydrogens is 250 g/mol. The first-order chi connectivity index (χ1) is 9.23. The molecule has 2 rings (SSSR count). The number of nitrogens with zero attached hydrogens (tertiary/aromatic N) is 1. The first-order valence-corrected chi connectivity index (χ1v) is 8.26. The topological polar surface area (TPSA) is 3.24 Å². The lowest BCUT2D eigenvalue weighted by atomic mass is 9.83. The van der Waals surface area contributed by atoms with E-state index in [1.807, 2.05) is 0 Å². The van der Waals surface area contributed by atoms with Gasteiger partial charge in [-0.1, -0.05) is 38.1 Å². The SMILES string of the molecule is CCC(CC)(CS)CN1CCc2ccccc2CC1. The molecule has 1 aromatic rings. The van der Waals surface area contributed by atoms with Crippen molar-refractivity contribution < 1.29 is 0 Å². The highest BCUT2D eigenvalue weighted by molar-refractivity contribution is 7.80. The molecule has 0 bridgehead atoms. The van der Waals surface area contributed by atoms with Crippen molar-refractivity contribution in [1.82, 2.24) is 4.90 Å². The van der Waals surface area contributed by atoms with E-state index in [1.54, 1.807) is 11.1 Å². The van der Waals surface area contributed by atoms with Crippen LogP contribution in [-0.4, -0.2) is 30.3 Å². The van der Waals surface area contributed by atoms with Crippen LogP contribution < -0.4 is 0 Å². The Labute approximate surface area is 123 Å². The molecule has 0 saturated heterocycles. The summed E-state index contributed by atoms with van der Waals surface area (Å²) < 4.78 is 0. The van der Waals surface area contributed by atoms with Crippen molar-refractivity contribution in [3.8, 4) is 0 Å². The molecule has 1 heterocycles. The Morgan fingerprint density at radius 2 is 1.58 bits per heavy atom. The minimum atomic E-state index is 0.402. The van der Waals surface area contributed by atoms with Gasteiger partial charge in [0.25, 0.3) is 0 Å². The minimum absolute atomic E-state index is 0.402. The van der Waals surface area contributed by atoms with Crippen molar-refractivity contribution in [2.24, 2.45) is 5.41 Å². The largest absolute Gasteiger partial charge is 0.302 e. The van der Waals surface area contributed by atoms with E-state index in [0.29, 0.717) is 5.41 Å². The van der Waals surface area contributed by atoms with Gasteiger partial charge in [-0.3, -0.25) is 0 Å². The smallest absolute Gasteiger partial charge is 0.00458 e. The number of hydrogen-bond donors (Lipinski definition) is 1. The van der Waals surface area contributed by atoms with Crippen LogP contribution in [0.5, 0.6) is 0 Å². The highest BCUT2D eigenvalue weighted by Crippen LogP contribution is 2.30. The van der Waals surface area contributed by atoms with Crippen LogP contribution in [0.3, 0.4) is 0 Å². The third kappa shape index (κ3) is 3.55. The fourth-order valence-corrected chi connectivity index (χ4v) is 3.64. The average Bonchev–Trinajstić information content (AvgIpc) is 2.68. The normalized spacial score (nSPS) is 17.0. The van der Waals surface area contributed by atoms with Crippen molar-refractivity contribution in [2.75, 3.05) is 25.4 Å². The van der Waals surface area contributed by atoms with E-state index in [-0.39, 0.29) is 0 Å². The van der Waals surface area contributed by atoms with Crippen molar-refractivity contribution >= 4 is 12.6 Å². The number of rotatable bonds is 5. The van der Waals surface area contributed by atoms with Crippen LogP contribution >= 0.6 is 12.6 Å². The molecule has 1 aromatic carbocycles. The molecule has 19 heavy (non-hydrogen) atoms. The summed E-state index contributed by atoms with van der Waals surface area (Å²) in [7, 11) is 0. The summed E-state index contributed by atoms with van der Waals surface area (Å²) in [5.74, 6) is 1.00. The van der Waals surface area contributed by atoms with Gasteiger partial charge >= 0.3 is 0 Å². The Morgan fingerprint density at radius 3 is 2.00 bits per heavy atom. The van der Waals surface area contributed by atoms with E-state index in [4.69, 9.17) is 0 Å². The maximum Gasteiger partial charge on any atom is 0.00458 e. The summed E-state index contributed by atoms with van der Waals surface area (Å²) in [6.07, 6.45) is 4.87. The lowest BCUT2D eigenvalue weighted by molar-refractivity contribution is 0.163. The van der Waals surface area contributed by atoms with Gasteiger partial charge in [-0.05, 0) is 48.0 Å². The number of benzene rings is 1. The maximum absolute atomic E-state index is 4.61. The van der Waals surface area contributed by atoms with Crippen molar-refractivity contribution in [3.05, 3.63) is 35.4 Å². The van der Waals surface area contributed by atoms with Gasteiger partial charge in [0.05, 0.1) is 0 Å². The molecule has 0 radical (unpaired) electrons. The number of hydrogen-bond acceptors (Lipinski definition) is 2. The summed E-state index contributed by atoms with van der Waals surface area (Å²) in [5, 5.41) is 0. The van der Waals surface area contributed by atoms with Gasteiger partial charge in [0.15, 0.2) is 0 Å². The summed E-state index contributed by atoms with van der Waals surface area (Å²) in [6, 6.07) is 8.93. The van der Waals surface area contributed by atoms with E-state index in [2.05, 4.69) is 55.6 Å². The molecule has 0 aromatic heterocycles. The van der Waals surface area contributed by atoms with Gasteiger partial charge < -0.3 is 4.90 Å². The Hall–Kier alpha value is -0.470. The molecule has 0 amide bonds. The first-order valence-electron chi connectivity index (χ1n) is 7.63. The van der Waals surface area contributed by atoms with Gasteiger partial charge in [-0.2, -0.15) is 12.6 Å². The van der Waals surface area contributed by atoms with E-state index in [1.165, 1.54) is 45.3 Å². The van der Waals surface area contributed by atoms with Gasteiger partial charge in [-0.25, -0.2) is 0 Å². The molecule has 1 aliphatic heterocycles. The molecule has 0 spiro atoms. The van der Waals surface area contributed by atoms with Gasteiger partial charge in [0.1, 0.15) is 0 Å². The Morgan fingerprint density at radius 1 is 1.05 bits per heavy atom. The molecule has 0 aliphatic carbocycles. The molecule has 0 atom stereocenters. The van der Waals surface area contributed by atoms with Gasteiger partial charge in [-0.15, -0.1) is 0 Å². The van der Waals surface area contributed by atoms with E-state index in [0.717, 1.165) is 5.75 Å². The monoisotopic (exact) mass is 277 g/mol. The second-order valence-electron chi connectivity index (χ2n) is 5.91. The molecule has 0 N–H and O–H groups in total. The van der Waals surface area contributed by atoms with Crippen molar-refractivity contribution in [2.45, 2.75) is 39.5 Å². The van der Waals surface area contributed by atoms with E-state index in [9.17, 15) is 0 Å². The van der Waals surface area contributed by atoms with Crippen LogP contribution in [-0.2, 0) is 12.8 Å². The molecule has 0 fully saturated rings. The zero-order valence-corrected chi connectivity index (χ0v) is 13.3. The van der Waals surface area contributed by atoms with Crippen LogP contribution in [0.4, 0.5) is 0 Å². The quantitative estimate of drug-likeness (QED) is 0.801. The van der Waals surface area contributed by atoms with Crippen LogP contribution in [0.15, 0.2) is 24.3 Å². The summed E-state index contributed by atoms with van der Waals surface area (Å²) in [4.78, 5) is 2.66. The summed E-state index contributed by atoms with van der Waals surface area (Å²) >= 11 is 4.61. The Kier molecular flexibility index (Phi) is 5.35. The molecule has 0 unspecified atom stereocenters. The third-order valence-corrected chi connectivity index (χ3v) is 5.58. The Balaban J connectivity index is 2.02. The highest BCUT2D eigenvalue weighted by atomic mass is 32.1. The maximum atomic E-state index is 4.61. The third-order valence-electron chi connectivity index (χ3n) is 4.91. The Bertz CT molecular complexity index is 363. The first kappa shape index (κ1) is 14.9. The predicted molar refractivity (Wildman–Crippen MR) is 87.2 cm³/mol. The van der Waals surface area contributed by atoms with Crippen molar-refractivity contribution in [3.63, 3.8) is 0 Å². The van der Waals surface area contributed by atoms with Gasteiger partial charge in [0, 0.05) is 19.6 Å². The van der Waals surface area contributed by atoms with Gasteiger partial charge in [0.2, 0.25) is 0 Å². The molecule has 2 heteroatoms. The van der Waals surface area contributed by atoms with Crippen LogP contribution in [0.1, 0.15) is 37.8 Å². The predicted octanol–water partition coefficient (Wildman–Crippen LogP) is 3.82. The number of fused-ring (bicyclic) bond motifs is 1. The zero-order chi connectivity index (χ0) is 13.7.